The molecule has 2 amide bonds. The Bertz CT molecular complexity index is 492. The summed E-state index contributed by atoms with van der Waals surface area (Å²) in [5.41, 5.74) is 0.736. The van der Waals surface area contributed by atoms with Gasteiger partial charge >= 0.3 is 6.03 Å². The van der Waals surface area contributed by atoms with E-state index in [0.29, 0.717) is 12.8 Å². The summed E-state index contributed by atoms with van der Waals surface area (Å²) in [5.74, 6) is 0.722. The summed E-state index contributed by atoms with van der Waals surface area (Å²) in [5, 5.41) is 12.7. The Labute approximate surface area is 118 Å². The third-order valence-corrected chi connectivity index (χ3v) is 4.26. The predicted molar refractivity (Wildman–Crippen MR) is 75.9 cm³/mol. The van der Waals surface area contributed by atoms with Gasteiger partial charge in [0.25, 0.3) is 0 Å². The van der Waals surface area contributed by atoms with Crippen molar-refractivity contribution in [3.8, 4) is 5.75 Å². The number of nitrogens with one attached hydrogen (secondary N) is 1. The van der Waals surface area contributed by atoms with Crippen LogP contribution in [-0.4, -0.2) is 41.3 Å². The number of fused-ring (bicyclic) bond motifs is 2. The van der Waals surface area contributed by atoms with Crippen molar-refractivity contribution in [3.05, 3.63) is 24.3 Å². The Balaban J connectivity index is 1.70. The van der Waals surface area contributed by atoms with E-state index in [4.69, 9.17) is 4.74 Å². The molecule has 0 aromatic heterocycles. The highest BCUT2D eigenvalue weighted by molar-refractivity contribution is 5.90. The first-order chi connectivity index (χ1) is 9.67. The second-order valence-corrected chi connectivity index (χ2v) is 5.58. The van der Waals surface area contributed by atoms with Crippen molar-refractivity contribution in [1.29, 1.82) is 0 Å². The maximum atomic E-state index is 12.4. The molecule has 3 rings (SSSR count). The largest absolute Gasteiger partial charge is 0.497 e. The molecule has 108 valence electrons. The van der Waals surface area contributed by atoms with Gasteiger partial charge in [0.1, 0.15) is 5.75 Å². The van der Waals surface area contributed by atoms with E-state index in [1.807, 2.05) is 23.1 Å². The zero-order chi connectivity index (χ0) is 14.1. The summed E-state index contributed by atoms with van der Waals surface area (Å²) in [6.45, 7) is 0. The van der Waals surface area contributed by atoms with Crippen LogP contribution >= 0.6 is 0 Å². The predicted octanol–water partition coefficient (Wildman–Crippen LogP) is 2.21. The van der Waals surface area contributed by atoms with Gasteiger partial charge in [0, 0.05) is 23.8 Å². The van der Waals surface area contributed by atoms with Crippen LogP contribution in [0.5, 0.6) is 5.75 Å². The SMILES string of the molecule is COc1cccc(NC(=O)N2C3CCC2CC(O)C3)c1. The minimum Gasteiger partial charge on any atom is -0.497 e. The Kier molecular flexibility index (Phi) is 3.53. The molecule has 2 fully saturated rings. The molecule has 0 spiro atoms. The monoisotopic (exact) mass is 276 g/mol. The summed E-state index contributed by atoms with van der Waals surface area (Å²) >= 11 is 0. The smallest absolute Gasteiger partial charge is 0.322 e. The Morgan fingerprint density at radius 1 is 1.35 bits per heavy atom. The van der Waals surface area contributed by atoms with E-state index >= 15 is 0 Å². The fraction of sp³-hybridized carbons (Fsp3) is 0.533. The Morgan fingerprint density at radius 3 is 2.70 bits per heavy atom. The molecule has 0 saturated carbocycles. The molecule has 2 aliphatic heterocycles. The molecular formula is C15H20N2O3. The summed E-state index contributed by atoms with van der Waals surface area (Å²) in [7, 11) is 1.60. The van der Waals surface area contributed by atoms with Gasteiger partial charge in [0.2, 0.25) is 0 Å². The number of rotatable bonds is 2. The summed E-state index contributed by atoms with van der Waals surface area (Å²) in [4.78, 5) is 14.3. The number of aliphatic hydroxyl groups excluding tert-OH is 1. The van der Waals surface area contributed by atoms with Crippen molar-refractivity contribution in [2.24, 2.45) is 0 Å². The molecule has 1 aromatic rings. The second kappa shape index (κ2) is 5.32. The third kappa shape index (κ3) is 2.45. The number of hydrogen-bond donors (Lipinski definition) is 2. The average molecular weight is 276 g/mol. The van der Waals surface area contributed by atoms with Crippen LogP contribution in [0.15, 0.2) is 24.3 Å². The zero-order valence-corrected chi connectivity index (χ0v) is 11.6. The average Bonchev–Trinajstić information content (AvgIpc) is 2.71. The topological polar surface area (TPSA) is 61.8 Å². The number of methoxy groups -OCH3 is 1. The van der Waals surface area contributed by atoms with Gasteiger partial charge in [-0.3, -0.25) is 0 Å². The lowest BCUT2D eigenvalue weighted by Gasteiger charge is -2.37. The number of anilines is 1. The Hall–Kier alpha value is -1.75. The van der Waals surface area contributed by atoms with Crippen LogP contribution in [0.2, 0.25) is 0 Å². The number of benzene rings is 1. The number of carbonyl (C=O) groups excluding carboxylic acids is 1. The van der Waals surface area contributed by atoms with Crippen molar-refractivity contribution >= 4 is 11.7 Å². The van der Waals surface area contributed by atoms with E-state index in [0.717, 1.165) is 24.3 Å². The number of ether oxygens (including phenoxy) is 1. The first-order valence-corrected chi connectivity index (χ1v) is 7.09. The zero-order valence-electron chi connectivity index (χ0n) is 11.6. The van der Waals surface area contributed by atoms with Gasteiger partial charge < -0.3 is 20.1 Å². The van der Waals surface area contributed by atoms with E-state index in [2.05, 4.69) is 5.32 Å². The minimum atomic E-state index is -0.256. The number of carbonyl (C=O) groups is 1. The van der Waals surface area contributed by atoms with Crippen LogP contribution in [0.1, 0.15) is 25.7 Å². The quantitative estimate of drug-likeness (QED) is 0.870. The molecule has 1 aromatic carbocycles. The van der Waals surface area contributed by atoms with Crippen LogP contribution in [0.4, 0.5) is 10.5 Å². The lowest BCUT2D eigenvalue weighted by atomic mass is 10.0. The van der Waals surface area contributed by atoms with Crippen LogP contribution in [0.25, 0.3) is 0 Å². The molecule has 2 heterocycles. The lowest BCUT2D eigenvalue weighted by Crippen LogP contribution is -2.49. The van der Waals surface area contributed by atoms with Crippen molar-refractivity contribution in [1.82, 2.24) is 4.90 Å². The fourth-order valence-electron chi connectivity index (χ4n) is 3.37. The molecule has 0 aliphatic carbocycles. The van der Waals surface area contributed by atoms with Gasteiger partial charge in [-0.1, -0.05) is 6.07 Å². The van der Waals surface area contributed by atoms with Crippen molar-refractivity contribution < 1.29 is 14.6 Å². The molecule has 2 saturated heterocycles. The molecule has 2 bridgehead atoms. The maximum absolute atomic E-state index is 12.4. The second-order valence-electron chi connectivity index (χ2n) is 5.58. The minimum absolute atomic E-state index is 0.0716. The third-order valence-electron chi connectivity index (χ3n) is 4.26. The molecule has 5 heteroatoms. The van der Waals surface area contributed by atoms with Crippen LogP contribution < -0.4 is 10.1 Å². The summed E-state index contributed by atoms with van der Waals surface area (Å²) < 4.78 is 5.15. The van der Waals surface area contributed by atoms with E-state index in [-0.39, 0.29) is 24.2 Å². The summed E-state index contributed by atoms with van der Waals surface area (Å²) in [6.07, 6.45) is 3.12. The van der Waals surface area contributed by atoms with Gasteiger partial charge in [-0.25, -0.2) is 4.79 Å². The molecule has 2 unspecified atom stereocenters. The van der Waals surface area contributed by atoms with Gasteiger partial charge in [-0.15, -0.1) is 0 Å². The molecule has 2 aliphatic rings. The number of piperidine rings is 1. The number of aliphatic hydroxyl groups is 1. The van der Waals surface area contributed by atoms with Gasteiger partial charge in [-0.2, -0.15) is 0 Å². The van der Waals surface area contributed by atoms with E-state index < -0.39 is 0 Å². The normalized spacial score (nSPS) is 28.3. The molecule has 0 radical (unpaired) electrons. The van der Waals surface area contributed by atoms with Gasteiger partial charge in [0.15, 0.2) is 0 Å². The molecule has 20 heavy (non-hydrogen) atoms. The van der Waals surface area contributed by atoms with E-state index in [9.17, 15) is 9.90 Å². The number of hydrogen-bond acceptors (Lipinski definition) is 3. The number of urea groups is 1. The highest BCUT2D eigenvalue weighted by Crippen LogP contribution is 2.36. The molecule has 2 N–H and O–H groups in total. The van der Waals surface area contributed by atoms with Crippen molar-refractivity contribution in [2.45, 2.75) is 43.9 Å². The number of nitrogens with zero attached hydrogens (tertiary/aromatic N) is 1. The van der Waals surface area contributed by atoms with E-state index in [1.165, 1.54) is 0 Å². The molecule has 5 nitrogen and oxygen atoms in total. The van der Waals surface area contributed by atoms with Crippen molar-refractivity contribution in [3.63, 3.8) is 0 Å². The van der Waals surface area contributed by atoms with Crippen LogP contribution in [0.3, 0.4) is 0 Å². The first kappa shape index (κ1) is 13.2. The first-order valence-electron chi connectivity index (χ1n) is 7.09. The van der Waals surface area contributed by atoms with Gasteiger partial charge in [-0.05, 0) is 37.8 Å². The highest BCUT2D eigenvalue weighted by Gasteiger charge is 2.42. The van der Waals surface area contributed by atoms with Crippen molar-refractivity contribution in [2.75, 3.05) is 12.4 Å². The molecule has 2 atom stereocenters. The Morgan fingerprint density at radius 2 is 2.05 bits per heavy atom. The fourth-order valence-corrected chi connectivity index (χ4v) is 3.37. The number of amides is 2. The standard InChI is InChI=1S/C15H20N2O3/c1-20-14-4-2-3-10(7-14)16-15(19)17-11-5-6-12(17)9-13(18)8-11/h2-4,7,11-13,18H,5-6,8-9H2,1H3,(H,16,19). The maximum Gasteiger partial charge on any atom is 0.322 e. The summed E-state index contributed by atoms with van der Waals surface area (Å²) in [6, 6.07) is 7.63. The van der Waals surface area contributed by atoms with Gasteiger partial charge in [0.05, 0.1) is 13.2 Å². The van der Waals surface area contributed by atoms with E-state index in [1.54, 1.807) is 13.2 Å². The van der Waals surface area contributed by atoms with Crippen LogP contribution in [0, 0.1) is 0 Å². The lowest BCUT2D eigenvalue weighted by molar-refractivity contribution is 0.0580. The molecular weight excluding hydrogens is 256 g/mol. The highest BCUT2D eigenvalue weighted by atomic mass is 16.5. The van der Waals surface area contributed by atoms with Crippen LogP contribution in [-0.2, 0) is 0 Å².